The molecule has 3 N–H and O–H groups in total. The molecule has 6 rings (SSSR count). The number of fused-ring (bicyclic) bond motifs is 2. The van der Waals surface area contributed by atoms with Crippen LogP contribution in [-0.2, 0) is 29.0 Å². The molecule has 2 aliphatic heterocycles. The molecule has 0 atom stereocenters. The van der Waals surface area contributed by atoms with Gasteiger partial charge in [0.15, 0.2) is 23.5 Å². The highest BCUT2D eigenvalue weighted by molar-refractivity contribution is 5.96. The fourth-order valence-electron chi connectivity index (χ4n) is 5.86. The van der Waals surface area contributed by atoms with Crippen molar-refractivity contribution >= 4 is 30.0 Å². The van der Waals surface area contributed by atoms with Crippen molar-refractivity contribution in [2.24, 2.45) is 0 Å². The van der Waals surface area contributed by atoms with E-state index in [-0.39, 0.29) is 24.0 Å². The number of hydrogen-bond acceptors (Lipinski definition) is 8. The summed E-state index contributed by atoms with van der Waals surface area (Å²) in [6.45, 7) is 12.8. The lowest BCUT2D eigenvalue weighted by Crippen LogP contribution is -2.25. The first kappa shape index (κ1) is 39.7. The van der Waals surface area contributed by atoms with Crippen LogP contribution in [0.4, 0.5) is 14.5 Å². The number of nitrogens with zero attached hydrogens (tertiary/aromatic N) is 4. The van der Waals surface area contributed by atoms with Gasteiger partial charge in [0.1, 0.15) is 11.5 Å². The minimum atomic E-state index is -0.500. The molecule has 1 amide bonds. The Kier molecular flexibility index (Phi) is 14.1. The van der Waals surface area contributed by atoms with Crippen LogP contribution in [0.25, 0.3) is 16.9 Å². The van der Waals surface area contributed by atoms with Crippen LogP contribution in [0.15, 0.2) is 30.3 Å². The number of carbonyl (C=O) groups is 3. The van der Waals surface area contributed by atoms with E-state index >= 15 is 0 Å². The molecule has 4 heterocycles. The van der Waals surface area contributed by atoms with Crippen molar-refractivity contribution in [2.75, 3.05) is 25.1 Å². The molecule has 0 radical (unpaired) electrons. The second-order valence-corrected chi connectivity index (χ2v) is 12.9. The molecular weight excluding hydrogens is 648 g/mol. The number of aliphatic hydroxyl groups is 1. The third kappa shape index (κ3) is 9.91. The topological polar surface area (TPSA) is 146 Å². The molecule has 0 unspecified atom stereocenters. The van der Waals surface area contributed by atoms with Gasteiger partial charge in [0, 0.05) is 42.4 Å². The normalized spacial score (nSPS) is 13.6. The van der Waals surface area contributed by atoms with E-state index in [4.69, 9.17) is 19.7 Å². The maximum Gasteiger partial charge on any atom is 0.290 e. The number of aryl methyl sites for hydroxylation is 1. The van der Waals surface area contributed by atoms with Gasteiger partial charge in [-0.2, -0.15) is 5.10 Å². The largest absolute Gasteiger partial charge is 0.490 e. The molecule has 2 aliphatic rings. The van der Waals surface area contributed by atoms with Gasteiger partial charge in [0.25, 0.3) is 6.47 Å². The SMILES string of the molecule is CC(C)(C)O.CCc1c(C)nc2cc(C=O)nn2c1-c1cc(F)c2c(c1C)CCCO2.CNCc1ccc(F)cc1N1CCCC1=O.O=CO. The van der Waals surface area contributed by atoms with E-state index in [1.165, 1.54) is 18.2 Å². The molecule has 2 aromatic heterocycles. The summed E-state index contributed by atoms with van der Waals surface area (Å²) in [4.78, 5) is 37.4. The number of carbonyl (C=O) groups excluding carboxylic acids is 2. The van der Waals surface area contributed by atoms with E-state index in [0.717, 1.165) is 64.9 Å². The number of hydrogen-bond donors (Lipinski definition) is 3. The Labute approximate surface area is 291 Å². The first-order valence-electron chi connectivity index (χ1n) is 16.5. The number of halogens is 2. The third-order valence-corrected chi connectivity index (χ3v) is 7.87. The molecule has 4 aromatic rings. The Balaban J connectivity index is 0.000000239. The first-order chi connectivity index (χ1) is 23.7. The number of amides is 1. The summed E-state index contributed by atoms with van der Waals surface area (Å²) in [5.41, 5.74) is 7.41. The number of rotatable bonds is 6. The molecule has 0 spiro atoms. The van der Waals surface area contributed by atoms with Gasteiger partial charge in [0.2, 0.25) is 5.91 Å². The van der Waals surface area contributed by atoms with Crippen LogP contribution in [-0.4, -0.2) is 69.3 Å². The Hall–Kier alpha value is -4.75. The molecule has 0 saturated carbocycles. The lowest BCUT2D eigenvalue weighted by atomic mass is 9.92. The average molecular weight is 696 g/mol. The zero-order valence-corrected chi connectivity index (χ0v) is 29.8. The number of nitrogens with one attached hydrogen (secondary N) is 1. The third-order valence-electron chi connectivity index (χ3n) is 7.87. The van der Waals surface area contributed by atoms with Crippen molar-refractivity contribution in [1.82, 2.24) is 19.9 Å². The van der Waals surface area contributed by atoms with Crippen LogP contribution in [0, 0.1) is 25.5 Å². The molecule has 1 saturated heterocycles. The van der Waals surface area contributed by atoms with Gasteiger partial charge in [-0.15, -0.1) is 0 Å². The molecular formula is C37H47F2N5O6. The summed E-state index contributed by atoms with van der Waals surface area (Å²) in [5.74, 6) is -0.197. The second kappa shape index (κ2) is 17.8. The van der Waals surface area contributed by atoms with Crippen LogP contribution in [0.5, 0.6) is 5.75 Å². The average Bonchev–Trinajstić information content (AvgIpc) is 3.68. The van der Waals surface area contributed by atoms with Crippen LogP contribution < -0.4 is 15.0 Å². The molecule has 13 heteroatoms. The van der Waals surface area contributed by atoms with E-state index < -0.39 is 5.60 Å². The van der Waals surface area contributed by atoms with Crippen molar-refractivity contribution in [3.8, 4) is 17.0 Å². The summed E-state index contributed by atoms with van der Waals surface area (Å²) >= 11 is 0. The summed E-state index contributed by atoms with van der Waals surface area (Å²) in [5, 5.41) is 22.8. The number of ether oxygens (including phenoxy) is 1. The van der Waals surface area contributed by atoms with Gasteiger partial charge in [-0.05, 0) is 102 Å². The first-order valence-corrected chi connectivity index (χ1v) is 16.5. The number of carboxylic acid groups (broad SMARTS) is 1. The van der Waals surface area contributed by atoms with E-state index in [2.05, 4.69) is 15.4 Å². The monoisotopic (exact) mass is 695 g/mol. The molecule has 270 valence electrons. The Morgan fingerprint density at radius 3 is 2.34 bits per heavy atom. The van der Waals surface area contributed by atoms with Crippen molar-refractivity contribution in [3.63, 3.8) is 0 Å². The van der Waals surface area contributed by atoms with E-state index in [9.17, 15) is 18.4 Å². The zero-order chi connectivity index (χ0) is 37.2. The van der Waals surface area contributed by atoms with Crippen molar-refractivity contribution in [1.29, 1.82) is 0 Å². The van der Waals surface area contributed by atoms with Crippen LogP contribution >= 0.6 is 0 Å². The fourth-order valence-corrected chi connectivity index (χ4v) is 5.86. The maximum atomic E-state index is 14.8. The van der Waals surface area contributed by atoms with Crippen molar-refractivity contribution in [2.45, 2.75) is 85.8 Å². The predicted molar refractivity (Wildman–Crippen MR) is 188 cm³/mol. The summed E-state index contributed by atoms with van der Waals surface area (Å²) < 4.78 is 35.2. The van der Waals surface area contributed by atoms with Crippen LogP contribution in [0.1, 0.15) is 85.4 Å². The van der Waals surface area contributed by atoms with Gasteiger partial charge >= 0.3 is 0 Å². The van der Waals surface area contributed by atoms with Gasteiger partial charge in [-0.25, -0.2) is 18.3 Å². The highest BCUT2D eigenvalue weighted by Gasteiger charge is 2.25. The summed E-state index contributed by atoms with van der Waals surface area (Å²) in [7, 11) is 1.83. The quantitative estimate of drug-likeness (QED) is 0.207. The minimum absolute atomic E-state index is 0.0861. The predicted octanol–water partition coefficient (Wildman–Crippen LogP) is 6.00. The Morgan fingerprint density at radius 1 is 1.08 bits per heavy atom. The van der Waals surface area contributed by atoms with Crippen LogP contribution in [0.2, 0.25) is 0 Å². The van der Waals surface area contributed by atoms with Gasteiger partial charge in [0.05, 0.1) is 23.6 Å². The molecule has 11 nitrogen and oxygen atoms in total. The standard InChI is InChI=1S/C20H20FN3O2.C12H15FN2O.C4H10O.CH2O2/c1-4-14-12(3)22-18-8-13(10-25)23-24(18)19(14)16-9-17(21)20-15(11(16)2)6-5-7-26-20;1-14-8-9-4-5-10(13)7-11(9)15-6-2-3-12(15)16;1-4(2,3)5;2-1-3/h8-10H,4-7H2,1-3H3;4-5,7,14H,2-3,6,8H2,1H3;5H,1-3H3;1H,(H,2,3). The van der Waals surface area contributed by atoms with Gasteiger partial charge in [-0.3, -0.25) is 14.4 Å². The molecule has 0 bridgehead atoms. The number of anilines is 1. The van der Waals surface area contributed by atoms with E-state index in [1.54, 1.807) is 42.3 Å². The summed E-state index contributed by atoms with van der Waals surface area (Å²) in [6.07, 6.45) is 4.52. The molecule has 1 fully saturated rings. The second-order valence-electron chi connectivity index (χ2n) is 12.9. The molecule has 0 aliphatic carbocycles. The Bertz CT molecular complexity index is 1810. The molecule has 2 aromatic carbocycles. The highest BCUT2D eigenvalue weighted by atomic mass is 19.1. The zero-order valence-electron chi connectivity index (χ0n) is 29.8. The van der Waals surface area contributed by atoms with Crippen LogP contribution in [0.3, 0.4) is 0 Å². The number of aromatic nitrogens is 3. The number of aldehydes is 1. The van der Waals surface area contributed by atoms with E-state index in [0.29, 0.717) is 55.2 Å². The summed E-state index contributed by atoms with van der Waals surface area (Å²) in [6, 6.07) is 7.77. The number of benzene rings is 2. The highest BCUT2D eigenvalue weighted by Crippen LogP contribution is 2.39. The van der Waals surface area contributed by atoms with E-state index in [1.807, 2.05) is 27.8 Å². The van der Waals surface area contributed by atoms with Crippen molar-refractivity contribution in [3.05, 3.63) is 75.6 Å². The smallest absolute Gasteiger partial charge is 0.290 e. The van der Waals surface area contributed by atoms with Gasteiger partial charge < -0.3 is 25.2 Å². The lowest BCUT2D eigenvalue weighted by Gasteiger charge is -2.23. The lowest BCUT2D eigenvalue weighted by molar-refractivity contribution is -0.123. The fraction of sp³-hybridized carbons (Fsp3) is 0.432. The maximum absolute atomic E-state index is 14.8. The Morgan fingerprint density at radius 2 is 1.76 bits per heavy atom. The molecule has 50 heavy (non-hydrogen) atoms. The minimum Gasteiger partial charge on any atom is -0.490 e. The van der Waals surface area contributed by atoms with Crippen molar-refractivity contribution < 1.29 is 38.1 Å². The van der Waals surface area contributed by atoms with Gasteiger partial charge in [-0.1, -0.05) is 13.0 Å².